The lowest BCUT2D eigenvalue weighted by Crippen LogP contribution is -2.58. The van der Waals surface area contributed by atoms with Crippen molar-refractivity contribution in [2.24, 2.45) is 0 Å². The van der Waals surface area contributed by atoms with Crippen LogP contribution in [-0.2, 0) is 19.1 Å². The fourth-order valence-electron chi connectivity index (χ4n) is 4.16. The van der Waals surface area contributed by atoms with Gasteiger partial charge in [0.05, 0.1) is 40.3 Å². The van der Waals surface area contributed by atoms with Gasteiger partial charge in [0.25, 0.3) is 0 Å². The van der Waals surface area contributed by atoms with Crippen LogP contribution < -0.4 is 14.8 Å². The largest absolute Gasteiger partial charge is 0.497 e. The molecule has 1 N–H and O–H groups in total. The van der Waals surface area contributed by atoms with E-state index in [2.05, 4.69) is 5.32 Å². The molecule has 0 aliphatic carbocycles. The molecule has 2 aliphatic rings. The highest BCUT2D eigenvalue weighted by molar-refractivity contribution is 5.88. The Hall–Kier alpha value is -2.81. The number of hydrogen-bond donors (Lipinski definition) is 1. The summed E-state index contributed by atoms with van der Waals surface area (Å²) >= 11 is 0. The van der Waals surface area contributed by atoms with E-state index in [4.69, 9.17) is 14.2 Å². The lowest BCUT2D eigenvalue weighted by Gasteiger charge is -2.36. The van der Waals surface area contributed by atoms with Crippen molar-refractivity contribution in [3.05, 3.63) is 23.8 Å². The van der Waals surface area contributed by atoms with Crippen molar-refractivity contribution in [1.29, 1.82) is 0 Å². The minimum Gasteiger partial charge on any atom is -0.497 e. The lowest BCUT2D eigenvalue weighted by atomic mass is 10.0. The van der Waals surface area contributed by atoms with E-state index < -0.39 is 12.0 Å². The van der Waals surface area contributed by atoms with E-state index in [1.165, 1.54) is 7.11 Å². The summed E-state index contributed by atoms with van der Waals surface area (Å²) in [5.41, 5.74) is 0.937. The van der Waals surface area contributed by atoms with Crippen LogP contribution in [0.15, 0.2) is 18.2 Å². The second-order valence-corrected chi connectivity index (χ2v) is 7.41. The molecule has 30 heavy (non-hydrogen) atoms. The fraction of sp³-hybridized carbons (Fsp3) is 0.571. The van der Waals surface area contributed by atoms with Gasteiger partial charge in [-0.3, -0.25) is 19.3 Å². The summed E-state index contributed by atoms with van der Waals surface area (Å²) in [5.74, 6) is 0.571. The maximum Gasteiger partial charge on any atom is 0.307 e. The molecule has 2 saturated heterocycles. The molecular weight excluding hydrogens is 390 g/mol. The highest BCUT2D eigenvalue weighted by Gasteiger charge is 2.37. The van der Waals surface area contributed by atoms with E-state index in [1.807, 2.05) is 23.1 Å². The van der Waals surface area contributed by atoms with Crippen molar-refractivity contribution in [2.75, 3.05) is 47.5 Å². The first-order chi connectivity index (χ1) is 14.5. The highest BCUT2D eigenvalue weighted by atomic mass is 16.5. The standard InChI is InChI=1S/C21H29N3O6/c1-28-14-6-7-15(18(11-14)29-2)16-5-4-9-24(16)19(25)13-23-10-8-22-21(27)17(23)12-20(26)30-3/h6-7,11,16-17H,4-5,8-10,12-13H2,1-3H3,(H,22,27). The summed E-state index contributed by atoms with van der Waals surface area (Å²) in [6, 6.07) is 4.81. The SMILES string of the molecule is COC(=O)CC1C(=O)NCCN1CC(=O)N1CCCC1c1ccc(OC)cc1OC. The Morgan fingerprint density at radius 3 is 2.67 bits per heavy atom. The van der Waals surface area contributed by atoms with E-state index in [-0.39, 0.29) is 30.8 Å². The number of amides is 2. The Morgan fingerprint density at radius 1 is 1.17 bits per heavy atom. The van der Waals surface area contributed by atoms with Gasteiger partial charge in [-0.2, -0.15) is 0 Å². The highest BCUT2D eigenvalue weighted by Crippen LogP contribution is 2.38. The number of likely N-dealkylation sites (tertiary alicyclic amines) is 1. The first-order valence-corrected chi connectivity index (χ1v) is 10.1. The molecule has 164 valence electrons. The van der Waals surface area contributed by atoms with Crippen LogP contribution in [0.3, 0.4) is 0 Å². The molecule has 9 heteroatoms. The maximum absolute atomic E-state index is 13.2. The molecule has 0 radical (unpaired) electrons. The smallest absolute Gasteiger partial charge is 0.307 e. The number of esters is 1. The molecule has 2 heterocycles. The van der Waals surface area contributed by atoms with Gasteiger partial charge in [-0.25, -0.2) is 0 Å². The van der Waals surface area contributed by atoms with Gasteiger partial charge in [-0.15, -0.1) is 0 Å². The van der Waals surface area contributed by atoms with Crippen LogP contribution in [-0.4, -0.2) is 81.1 Å². The number of benzene rings is 1. The van der Waals surface area contributed by atoms with Crippen molar-refractivity contribution in [3.63, 3.8) is 0 Å². The molecular formula is C21H29N3O6. The van der Waals surface area contributed by atoms with Crippen LogP contribution in [0, 0.1) is 0 Å². The van der Waals surface area contributed by atoms with Gasteiger partial charge in [0.2, 0.25) is 11.8 Å². The Labute approximate surface area is 176 Å². The van der Waals surface area contributed by atoms with Gasteiger partial charge in [0.1, 0.15) is 17.5 Å². The number of carbonyl (C=O) groups is 3. The molecule has 2 fully saturated rings. The normalized spacial score (nSPS) is 21.8. The predicted octanol–water partition coefficient (Wildman–Crippen LogP) is 0.731. The third kappa shape index (κ3) is 4.67. The number of hydrogen-bond acceptors (Lipinski definition) is 7. The Morgan fingerprint density at radius 2 is 1.97 bits per heavy atom. The molecule has 2 amide bonds. The number of methoxy groups -OCH3 is 3. The zero-order valence-corrected chi connectivity index (χ0v) is 17.7. The summed E-state index contributed by atoms with van der Waals surface area (Å²) in [4.78, 5) is 40.8. The minimum absolute atomic E-state index is 0.0695. The van der Waals surface area contributed by atoms with Crippen LogP contribution in [0.25, 0.3) is 0 Å². The van der Waals surface area contributed by atoms with Crippen LogP contribution in [0.5, 0.6) is 11.5 Å². The minimum atomic E-state index is -0.702. The van der Waals surface area contributed by atoms with E-state index in [9.17, 15) is 14.4 Å². The first kappa shape index (κ1) is 21.9. The number of nitrogens with one attached hydrogen (secondary N) is 1. The summed E-state index contributed by atoms with van der Waals surface area (Å²) in [7, 11) is 4.48. The van der Waals surface area contributed by atoms with Crippen molar-refractivity contribution in [1.82, 2.24) is 15.1 Å². The third-order valence-electron chi connectivity index (χ3n) is 5.74. The van der Waals surface area contributed by atoms with E-state index >= 15 is 0 Å². The quantitative estimate of drug-likeness (QED) is 0.651. The van der Waals surface area contributed by atoms with Gasteiger partial charge < -0.3 is 24.4 Å². The number of ether oxygens (including phenoxy) is 3. The molecule has 0 spiro atoms. The fourth-order valence-corrected chi connectivity index (χ4v) is 4.16. The number of nitrogens with zero attached hydrogens (tertiary/aromatic N) is 2. The molecule has 2 unspecified atom stereocenters. The zero-order valence-electron chi connectivity index (χ0n) is 17.7. The van der Waals surface area contributed by atoms with Crippen LogP contribution in [0.1, 0.15) is 30.9 Å². The molecule has 1 aromatic rings. The topological polar surface area (TPSA) is 97.4 Å². The second-order valence-electron chi connectivity index (χ2n) is 7.41. The third-order valence-corrected chi connectivity index (χ3v) is 5.74. The molecule has 0 saturated carbocycles. The van der Waals surface area contributed by atoms with Crippen molar-refractivity contribution in [3.8, 4) is 11.5 Å². The molecule has 0 aromatic heterocycles. The van der Waals surface area contributed by atoms with Gasteiger partial charge in [-0.05, 0) is 25.0 Å². The summed E-state index contributed by atoms with van der Waals surface area (Å²) in [6.45, 7) is 1.66. The van der Waals surface area contributed by atoms with Crippen molar-refractivity contribution in [2.45, 2.75) is 31.3 Å². The number of carbonyl (C=O) groups excluding carboxylic acids is 3. The molecule has 2 atom stereocenters. The Bertz CT molecular complexity index is 799. The van der Waals surface area contributed by atoms with Crippen LogP contribution in [0.2, 0.25) is 0 Å². The summed E-state index contributed by atoms with van der Waals surface area (Å²) in [6.07, 6.45) is 1.64. The van der Waals surface area contributed by atoms with Crippen molar-refractivity contribution < 1.29 is 28.6 Å². The molecule has 9 nitrogen and oxygen atoms in total. The maximum atomic E-state index is 13.2. The van der Waals surface area contributed by atoms with Gasteiger partial charge >= 0.3 is 5.97 Å². The summed E-state index contributed by atoms with van der Waals surface area (Å²) in [5, 5.41) is 2.75. The van der Waals surface area contributed by atoms with Gasteiger partial charge in [-0.1, -0.05) is 0 Å². The van der Waals surface area contributed by atoms with Crippen LogP contribution >= 0.6 is 0 Å². The summed E-state index contributed by atoms with van der Waals surface area (Å²) < 4.78 is 15.5. The monoisotopic (exact) mass is 419 g/mol. The Kier molecular flexibility index (Phi) is 7.15. The van der Waals surface area contributed by atoms with E-state index in [1.54, 1.807) is 19.1 Å². The van der Waals surface area contributed by atoms with Gasteiger partial charge in [0.15, 0.2) is 0 Å². The predicted molar refractivity (Wildman–Crippen MR) is 108 cm³/mol. The second kappa shape index (κ2) is 9.80. The average molecular weight is 419 g/mol. The molecule has 2 aliphatic heterocycles. The zero-order chi connectivity index (χ0) is 21.7. The molecule has 0 bridgehead atoms. The van der Waals surface area contributed by atoms with Gasteiger partial charge in [0, 0.05) is 31.3 Å². The molecule has 1 aromatic carbocycles. The number of piperazine rings is 1. The van der Waals surface area contributed by atoms with Crippen LogP contribution in [0.4, 0.5) is 0 Å². The lowest BCUT2D eigenvalue weighted by molar-refractivity contribution is -0.147. The molecule has 3 rings (SSSR count). The number of rotatable bonds is 7. The van der Waals surface area contributed by atoms with E-state index in [0.717, 1.165) is 18.4 Å². The van der Waals surface area contributed by atoms with Crippen molar-refractivity contribution >= 4 is 17.8 Å². The first-order valence-electron chi connectivity index (χ1n) is 10.1. The Balaban J connectivity index is 1.75. The van der Waals surface area contributed by atoms with E-state index in [0.29, 0.717) is 31.1 Å². The average Bonchev–Trinajstić information content (AvgIpc) is 3.25.